The van der Waals surface area contributed by atoms with E-state index in [9.17, 15) is 26.4 Å². The lowest BCUT2D eigenvalue weighted by molar-refractivity contribution is -0.137. The average molecular weight is 609 g/mol. The molecule has 4 aromatic rings. The molecule has 0 aliphatic rings. The van der Waals surface area contributed by atoms with Crippen LogP contribution >= 0.6 is 23.2 Å². The minimum atomic E-state index is -4.67. The molecule has 0 bridgehead atoms. The standard InChI is InChI=1S/C28H21Cl2F3N2O4S/c29-21-11-8-18(9-12-21)14-15-34-24-13-10-19(27(36)39-25-7-2-1-6-23(25)30)16-26(24)40(37,38)35-22-5-3-4-20(17-22)28(31,32)33/h1-13,16-17,34-35H,14-15H2. The van der Waals surface area contributed by atoms with Gasteiger partial charge in [0.2, 0.25) is 0 Å². The zero-order valence-corrected chi connectivity index (χ0v) is 22.8. The minimum absolute atomic E-state index is 0.0748. The number of rotatable bonds is 9. The molecule has 0 saturated heterocycles. The highest BCUT2D eigenvalue weighted by Gasteiger charge is 2.31. The summed E-state index contributed by atoms with van der Waals surface area (Å²) in [7, 11) is -4.48. The number of esters is 1. The normalized spacial score (nSPS) is 11.6. The highest BCUT2D eigenvalue weighted by Crippen LogP contribution is 2.32. The lowest BCUT2D eigenvalue weighted by Gasteiger charge is -2.16. The number of hydrogen-bond donors (Lipinski definition) is 2. The molecule has 4 aromatic carbocycles. The molecule has 0 radical (unpaired) electrons. The molecule has 0 saturated carbocycles. The van der Waals surface area contributed by atoms with Crippen LogP contribution in [0.3, 0.4) is 0 Å². The summed E-state index contributed by atoms with van der Waals surface area (Å²) in [6, 6.07) is 21.0. The van der Waals surface area contributed by atoms with E-state index in [0.29, 0.717) is 24.1 Å². The SMILES string of the molecule is O=C(Oc1ccccc1Cl)c1ccc(NCCc2ccc(Cl)cc2)c(S(=O)(=O)Nc2cccc(C(F)(F)F)c2)c1. The van der Waals surface area contributed by atoms with Crippen molar-refractivity contribution in [3.8, 4) is 5.75 Å². The average Bonchev–Trinajstić information content (AvgIpc) is 2.90. The van der Waals surface area contributed by atoms with Crippen LogP contribution in [0.25, 0.3) is 0 Å². The predicted molar refractivity (Wildman–Crippen MR) is 149 cm³/mol. The summed E-state index contributed by atoms with van der Waals surface area (Å²) < 4.78 is 73.9. The van der Waals surface area contributed by atoms with Gasteiger partial charge in [-0.1, -0.05) is 53.5 Å². The van der Waals surface area contributed by atoms with Crippen molar-refractivity contribution in [2.75, 3.05) is 16.6 Å². The molecule has 0 aromatic heterocycles. The number of carbonyl (C=O) groups excluding carboxylic acids is 1. The van der Waals surface area contributed by atoms with Crippen LogP contribution in [-0.2, 0) is 22.6 Å². The largest absolute Gasteiger partial charge is 0.421 e. The quantitative estimate of drug-likeness (QED) is 0.150. The van der Waals surface area contributed by atoms with Crippen LogP contribution in [0, 0.1) is 0 Å². The van der Waals surface area contributed by atoms with Crippen LogP contribution in [0.15, 0.2) is 95.9 Å². The Morgan fingerprint density at radius 1 is 0.875 bits per heavy atom. The number of carbonyl (C=O) groups is 1. The van der Waals surface area contributed by atoms with Gasteiger partial charge in [-0.25, -0.2) is 13.2 Å². The molecule has 4 rings (SSSR count). The van der Waals surface area contributed by atoms with Gasteiger partial charge in [-0.2, -0.15) is 13.2 Å². The number of hydrogen-bond acceptors (Lipinski definition) is 5. The topological polar surface area (TPSA) is 84.5 Å². The van der Waals surface area contributed by atoms with Crippen LogP contribution in [0.5, 0.6) is 5.75 Å². The fraction of sp³-hybridized carbons (Fsp3) is 0.107. The number of para-hydroxylation sites is 1. The van der Waals surface area contributed by atoms with Gasteiger partial charge in [-0.3, -0.25) is 4.72 Å². The van der Waals surface area contributed by atoms with Crippen molar-refractivity contribution in [2.24, 2.45) is 0 Å². The van der Waals surface area contributed by atoms with E-state index in [0.717, 1.165) is 23.8 Å². The molecule has 0 atom stereocenters. The van der Waals surface area contributed by atoms with E-state index in [2.05, 4.69) is 10.0 Å². The molecule has 0 spiro atoms. The maximum absolute atomic E-state index is 13.4. The number of sulfonamides is 1. The monoisotopic (exact) mass is 608 g/mol. The zero-order valence-electron chi connectivity index (χ0n) is 20.5. The summed E-state index contributed by atoms with van der Waals surface area (Å²) in [6.07, 6.45) is -4.16. The van der Waals surface area contributed by atoms with E-state index in [1.807, 2.05) is 12.1 Å². The van der Waals surface area contributed by atoms with Crippen LogP contribution < -0.4 is 14.8 Å². The van der Waals surface area contributed by atoms with Crippen LogP contribution in [0.1, 0.15) is 21.5 Å². The van der Waals surface area contributed by atoms with Gasteiger partial charge in [-0.05, 0) is 72.6 Å². The second-order valence-corrected chi connectivity index (χ2v) is 11.0. The molecule has 0 unspecified atom stereocenters. The van der Waals surface area contributed by atoms with E-state index in [4.69, 9.17) is 27.9 Å². The van der Waals surface area contributed by atoms with Gasteiger partial charge in [0.1, 0.15) is 10.6 Å². The van der Waals surface area contributed by atoms with Crippen molar-refractivity contribution in [3.05, 3.63) is 118 Å². The van der Waals surface area contributed by atoms with Gasteiger partial charge in [-0.15, -0.1) is 0 Å². The highest BCUT2D eigenvalue weighted by molar-refractivity contribution is 7.92. The van der Waals surface area contributed by atoms with Crippen molar-refractivity contribution in [1.29, 1.82) is 0 Å². The van der Waals surface area contributed by atoms with Gasteiger partial charge in [0, 0.05) is 17.3 Å². The second kappa shape index (κ2) is 12.2. The first-order chi connectivity index (χ1) is 18.9. The van der Waals surface area contributed by atoms with Crippen molar-refractivity contribution in [1.82, 2.24) is 0 Å². The molecule has 0 fully saturated rings. The summed E-state index contributed by atoms with van der Waals surface area (Å²) in [6.45, 7) is 0.303. The Hall–Kier alpha value is -3.73. The molecule has 0 heterocycles. The first kappa shape index (κ1) is 29.3. The lowest BCUT2D eigenvalue weighted by Crippen LogP contribution is -2.18. The summed E-state index contributed by atoms with van der Waals surface area (Å²) >= 11 is 12.0. The van der Waals surface area contributed by atoms with E-state index in [-0.39, 0.29) is 32.6 Å². The second-order valence-electron chi connectivity index (χ2n) is 8.52. The molecule has 2 N–H and O–H groups in total. The van der Waals surface area contributed by atoms with Crippen molar-refractivity contribution in [3.63, 3.8) is 0 Å². The molecule has 208 valence electrons. The van der Waals surface area contributed by atoms with E-state index >= 15 is 0 Å². The van der Waals surface area contributed by atoms with Crippen molar-refractivity contribution >= 4 is 50.6 Å². The van der Waals surface area contributed by atoms with Crippen molar-refractivity contribution in [2.45, 2.75) is 17.5 Å². The summed E-state index contributed by atoms with van der Waals surface area (Å²) in [5, 5.41) is 3.77. The molecule has 0 amide bonds. The van der Waals surface area contributed by atoms with Crippen LogP contribution in [-0.4, -0.2) is 20.9 Å². The Bertz CT molecular complexity index is 1630. The van der Waals surface area contributed by atoms with Crippen molar-refractivity contribution < 1.29 is 31.1 Å². The summed E-state index contributed by atoms with van der Waals surface area (Å²) in [5.41, 5.74) is -0.379. The molecule has 0 aliphatic heterocycles. The Morgan fingerprint density at radius 3 is 2.30 bits per heavy atom. The molecular weight excluding hydrogens is 588 g/mol. The summed E-state index contributed by atoms with van der Waals surface area (Å²) in [4.78, 5) is 12.5. The zero-order chi connectivity index (χ0) is 28.9. The van der Waals surface area contributed by atoms with E-state index < -0.39 is 27.7 Å². The molecule has 6 nitrogen and oxygen atoms in total. The van der Waals surface area contributed by atoms with E-state index in [1.165, 1.54) is 30.3 Å². The predicted octanol–water partition coefficient (Wildman–Crippen LogP) is 7.69. The fourth-order valence-electron chi connectivity index (χ4n) is 3.67. The van der Waals surface area contributed by atoms with Gasteiger partial charge in [0.15, 0.2) is 0 Å². The minimum Gasteiger partial charge on any atom is -0.421 e. The van der Waals surface area contributed by atoms with E-state index in [1.54, 1.807) is 24.3 Å². The van der Waals surface area contributed by atoms with Gasteiger partial charge < -0.3 is 10.1 Å². The Kier molecular flexibility index (Phi) is 8.92. The number of anilines is 2. The van der Waals surface area contributed by atoms with Crippen LogP contribution in [0.2, 0.25) is 10.0 Å². The van der Waals surface area contributed by atoms with Gasteiger partial charge in [0.05, 0.1) is 21.8 Å². The van der Waals surface area contributed by atoms with Gasteiger partial charge in [0.25, 0.3) is 10.0 Å². The summed E-state index contributed by atoms with van der Waals surface area (Å²) in [5.74, 6) is -0.804. The molecule has 0 aliphatic carbocycles. The Balaban J connectivity index is 1.64. The number of benzene rings is 4. The third-order valence-corrected chi connectivity index (χ3v) is 7.62. The first-order valence-corrected chi connectivity index (χ1v) is 14.0. The molecule has 40 heavy (non-hydrogen) atoms. The third kappa shape index (κ3) is 7.47. The number of nitrogens with one attached hydrogen (secondary N) is 2. The fourth-order valence-corrected chi connectivity index (χ4v) is 5.23. The first-order valence-electron chi connectivity index (χ1n) is 11.7. The molecular formula is C28H21Cl2F3N2O4S. The Morgan fingerprint density at radius 2 is 1.60 bits per heavy atom. The number of alkyl halides is 3. The van der Waals surface area contributed by atoms with Crippen LogP contribution in [0.4, 0.5) is 24.5 Å². The third-order valence-electron chi connectivity index (χ3n) is 5.63. The highest BCUT2D eigenvalue weighted by atomic mass is 35.5. The maximum atomic E-state index is 13.4. The maximum Gasteiger partial charge on any atom is 0.416 e. The Labute approximate surface area is 238 Å². The lowest BCUT2D eigenvalue weighted by atomic mass is 10.1. The number of halogens is 5. The van der Waals surface area contributed by atoms with Gasteiger partial charge >= 0.3 is 12.1 Å². The molecule has 12 heteroatoms. The number of ether oxygens (including phenoxy) is 1. The smallest absolute Gasteiger partial charge is 0.416 e.